The average molecular weight is 342 g/mol. The molecule has 1 unspecified atom stereocenters. The van der Waals surface area contributed by atoms with Crippen LogP contribution in [0.4, 0.5) is 4.39 Å². The minimum absolute atomic E-state index is 0.275. The highest BCUT2D eigenvalue weighted by atomic mass is 79.9. The fraction of sp³-hybridized carbons (Fsp3) is 0.357. The molecule has 1 heterocycles. The van der Waals surface area contributed by atoms with Gasteiger partial charge in [0.05, 0.1) is 6.20 Å². The molecule has 0 saturated heterocycles. The van der Waals surface area contributed by atoms with Gasteiger partial charge < -0.3 is 10.4 Å². The standard InChI is InChI=1S/C14H17BrFN3O/c1-14(20,11-7-18-19(2)8-11)9-17-6-10-3-4-12(16)5-13(10)15/h3-5,7-8,17,20H,6,9H2,1-2H3. The number of halogens is 2. The Labute approximate surface area is 125 Å². The maximum absolute atomic E-state index is 13.0. The average Bonchev–Trinajstić information content (AvgIpc) is 2.79. The molecule has 0 spiro atoms. The van der Waals surface area contributed by atoms with Crippen molar-refractivity contribution in [1.29, 1.82) is 0 Å². The van der Waals surface area contributed by atoms with Gasteiger partial charge in [0.1, 0.15) is 11.4 Å². The van der Waals surface area contributed by atoms with Gasteiger partial charge in [0, 0.05) is 36.4 Å². The van der Waals surface area contributed by atoms with Crippen molar-refractivity contribution in [2.24, 2.45) is 7.05 Å². The molecule has 2 aromatic rings. The predicted octanol–water partition coefficient (Wildman–Crippen LogP) is 2.32. The van der Waals surface area contributed by atoms with Gasteiger partial charge in [0.25, 0.3) is 0 Å². The van der Waals surface area contributed by atoms with E-state index in [1.54, 1.807) is 30.1 Å². The second-order valence-electron chi connectivity index (χ2n) is 5.02. The first-order valence-corrected chi connectivity index (χ1v) is 7.04. The van der Waals surface area contributed by atoms with Gasteiger partial charge in [0.15, 0.2) is 0 Å². The van der Waals surface area contributed by atoms with Gasteiger partial charge in [0.2, 0.25) is 0 Å². The summed E-state index contributed by atoms with van der Waals surface area (Å²) in [6.45, 7) is 2.65. The monoisotopic (exact) mass is 341 g/mol. The zero-order valence-corrected chi connectivity index (χ0v) is 13.0. The molecule has 20 heavy (non-hydrogen) atoms. The van der Waals surface area contributed by atoms with Crippen LogP contribution in [0.3, 0.4) is 0 Å². The summed E-state index contributed by atoms with van der Waals surface area (Å²) < 4.78 is 15.3. The van der Waals surface area contributed by atoms with E-state index in [2.05, 4.69) is 26.3 Å². The maximum atomic E-state index is 13.0. The van der Waals surface area contributed by atoms with E-state index in [0.29, 0.717) is 17.6 Å². The van der Waals surface area contributed by atoms with Crippen molar-refractivity contribution in [3.05, 3.63) is 52.0 Å². The number of aromatic nitrogens is 2. The number of aliphatic hydroxyl groups is 1. The fourth-order valence-electron chi connectivity index (χ4n) is 1.91. The Hall–Kier alpha value is -1.24. The number of aryl methyl sites for hydroxylation is 1. The molecule has 4 nitrogen and oxygen atoms in total. The van der Waals surface area contributed by atoms with Crippen LogP contribution in [0.5, 0.6) is 0 Å². The van der Waals surface area contributed by atoms with E-state index in [4.69, 9.17) is 0 Å². The molecule has 1 aromatic carbocycles. The van der Waals surface area contributed by atoms with Crippen molar-refractivity contribution in [1.82, 2.24) is 15.1 Å². The third-order valence-corrected chi connectivity index (χ3v) is 3.86. The second kappa shape index (κ2) is 6.03. The highest BCUT2D eigenvalue weighted by Crippen LogP contribution is 2.20. The lowest BCUT2D eigenvalue weighted by molar-refractivity contribution is 0.0566. The van der Waals surface area contributed by atoms with Gasteiger partial charge >= 0.3 is 0 Å². The lowest BCUT2D eigenvalue weighted by Crippen LogP contribution is -2.34. The lowest BCUT2D eigenvalue weighted by atomic mass is 9.99. The normalized spacial score (nSPS) is 14.2. The van der Waals surface area contributed by atoms with E-state index in [1.165, 1.54) is 12.1 Å². The summed E-state index contributed by atoms with van der Waals surface area (Å²) in [6.07, 6.45) is 3.44. The molecule has 1 atom stereocenters. The molecule has 0 fully saturated rings. The van der Waals surface area contributed by atoms with E-state index in [-0.39, 0.29) is 5.82 Å². The van der Waals surface area contributed by atoms with Crippen LogP contribution in [0.2, 0.25) is 0 Å². The van der Waals surface area contributed by atoms with Crippen LogP contribution in [-0.2, 0) is 19.2 Å². The smallest absolute Gasteiger partial charge is 0.124 e. The van der Waals surface area contributed by atoms with Crippen molar-refractivity contribution < 1.29 is 9.50 Å². The fourth-order valence-corrected chi connectivity index (χ4v) is 2.40. The molecule has 0 aliphatic carbocycles. The molecule has 6 heteroatoms. The summed E-state index contributed by atoms with van der Waals surface area (Å²) in [5, 5.41) is 17.6. The molecular weight excluding hydrogens is 325 g/mol. The first kappa shape index (κ1) is 15.2. The van der Waals surface area contributed by atoms with Crippen molar-refractivity contribution in [3.8, 4) is 0 Å². The van der Waals surface area contributed by atoms with Crippen LogP contribution in [0, 0.1) is 5.82 Å². The number of nitrogens with zero attached hydrogens (tertiary/aromatic N) is 2. The number of hydrogen-bond donors (Lipinski definition) is 2. The molecule has 108 valence electrons. The van der Waals surface area contributed by atoms with Crippen LogP contribution in [-0.4, -0.2) is 21.4 Å². The molecule has 2 N–H and O–H groups in total. The topological polar surface area (TPSA) is 50.1 Å². The summed E-state index contributed by atoms with van der Waals surface area (Å²) >= 11 is 3.32. The van der Waals surface area contributed by atoms with E-state index >= 15 is 0 Å². The minimum Gasteiger partial charge on any atom is -0.384 e. The summed E-state index contributed by atoms with van der Waals surface area (Å²) in [5.41, 5.74) is 0.694. The molecule has 2 rings (SSSR count). The summed E-state index contributed by atoms with van der Waals surface area (Å²) in [7, 11) is 1.81. The first-order chi connectivity index (χ1) is 9.38. The van der Waals surface area contributed by atoms with E-state index < -0.39 is 5.60 Å². The largest absolute Gasteiger partial charge is 0.384 e. The van der Waals surface area contributed by atoms with Crippen molar-refractivity contribution in [2.75, 3.05) is 6.54 Å². The van der Waals surface area contributed by atoms with Crippen LogP contribution >= 0.6 is 15.9 Å². The third-order valence-electron chi connectivity index (χ3n) is 3.13. The molecule has 0 bridgehead atoms. The van der Waals surface area contributed by atoms with Crippen LogP contribution in [0.25, 0.3) is 0 Å². The highest BCUT2D eigenvalue weighted by Gasteiger charge is 2.24. The van der Waals surface area contributed by atoms with Gasteiger partial charge in [-0.15, -0.1) is 0 Å². The summed E-state index contributed by atoms with van der Waals surface area (Å²) in [6, 6.07) is 4.56. The Balaban J connectivity index is 1.95. The number of rotatable bonds is 5. The summed E-state index contributed by atoms with van der Waals surface area (Å²) in [5.74, 6) is -0.275. The number of hydrogen-bond acceptors (Lipinski definition) is 3. The van der Waals surface area contributed by atoms with Gasteiger partial charge in [-0.05, 0) is 24.6 Å². The maximum Gasteiger partial charge on any atom is 0.124 e. The van der Waals surface area contributed by atoms with Gasteiger partial charge in [-0.3, -0.25) is 4.68 Å². The zero-order chi connectivity index (χ0) is 14.8. The van der Waals surface area contributed by atoms with E-state index in [9.17, 15) is 9.50 Å². The summed E-state index contributed by atoms with van der Waals surface area (Å²) in [4.78, 5) is 0. The molecule has 0 radical (unpaired) electrons. The third kappa shape index (κ3) is 3.65. The highest BCUT2D eigenvalue weighted by molar-refractivity contribution is 9.10. The SMILES string of the molecule is Cn1cc(C(C)(O)CNCc2ccc(F)cc2Br)cn1. The number of nitrogens with one attached hydrogen (secondary N) is 1. The minimum atomic E-state index is -0.999. The van der Waals surface area contributed by atoms with E-state index in [1.807, 2.05) is 7.05 Å². The zero-order valence-electron chi connectivity index (χ0n) is 11.4. The molecule has 0 aliphatic heterocycles. The van der Waals surface area contributed by atoms with E-state index in [0.717, 1.165) is 11.1 Å². The Morgan fingerprint density at radius 2 is 2.25 bits per heavy atom. The Bertz CT molecular complexity index is 598. The van der Waals surface area contributed by atoms with Gasteiger partial charge in [-0.2, -0.15) is 5.10 Å². The second-order valence-corrected chi connectivity index (χ2v) is 5.87. The van der Waals surface area contributed by atoms with Gasteiger partial charge in [-0.1, -0.05) is 22.0 Å². The Morgan fingerprint density at radius 1 is 1.50 bits per heavy atom. The van der Waals surface area contributed by atoms with Gasteiger partial charge in [-0.25, -0.2) is 4.39 Å². The lowest BCUT2D eigenvalue weighted by Gasteiger charge is -2.22. The molecule has 0 amide bonds. The van der Waals surface area contributed by atoms with Crippen LogP contribution < -0.4 is 5.32 Å². The molecule has 1 aromatic heterocycles. The number of benzene rings is 1. The molecule has 0 saturated carbocycles. The van der Waals surface area contributed by atoms with Crippen molar-refractivity contribution in [3.63, 3.8) is 0 Å². The van der Waals surface area contributed by atoms with Crippen LogP contribution in [0.1, 0.15) is 18.1 Å². The predicted molar refractivity (Wildman–Crippen MR) is 78.6 cm³/mol. The van der Waals surface area contributed by atoms with Crippen LogP contribution in [0.15, 0.2) is 35.1 Å². The molecular formula is C14H17BrFN3O. The molecule has 0 aliphatic rings. The van der Waals surface area contributed by atoms with Crippen molar-refractivity contribution >= 4 is 15.9 Å². The first-order valence-electron chi connectivity index (χ1n) is 6.24. The van der Waals surface area contributed by atoms with Crippen molar-refractivity contribution in [2.45, 2.75) is 19.1 Å². The Morgan fingerprint density at radius 3 is 2.85 bits per heavy atom. The Kier molecular flexibility index (Phi) is 4.57. The quantitative estimate of drug-likeness (QED) is 0.877.